The first kappa shape index (κ1) is 8.99. The van der Waals surface area contributed by atoms with Crippen molar-refractivity contribution in [1.82, 2.24) is 0 Å². The lowest BCUT2D eigenvalue weighted by Crippen LogP contribution is -1.98. The maximum atomic E-state index is 10.6. The van der Waals surface area contributed by atoms with E-state index in [0.717, 1.165) is 12.8 Å². The monoisotopic (exact) mass is 193 g/mol. The minimum absolute atomic E-state index is 0.128. The molecule has 1 saturated carbocycles. The summed E-state index contributed by atoms with van der Waals surface area (Å²) in [7, 11) is 0. The zero-order chi connectivity index (χ0) is 10.1. The van der Waals surface area contributed by atoms with Crippen LogP contribution < -0.4 is 4.74 Å². The van der Waals surface area contributed by atoms with E-state index in [-0.39, 0.29) is 16.7 Å². The molecule has 1 fully saturated rings. The number of aryl methyl sites for hydroxylation is 1. The second-order valence-electron chi connectivity index (χ2n) is 3.52. The van der Waals surface area contributed by atoms with Crippen molar-refractivity contribution in [3.8, 4) is 5.75 Å². The van der Waals surface area contributed by atoms with Gasteiger partial charge >= 0.3 is 0 Å². The standard InChI is InChI=1S/C10H11NO3/c1-7-2-3-9(14-8-4-5-8)6-10(7)11(12)13/h2-3,6,8H,4-5H2,1H3. The Morgan fingerprint density at radius 2 is 2.21 bits per heavy atom. The first-order valence-electron chi connectivity index (χ1n) is 4.58. The summed E-state index contributed by atoms with van der Waals surface area (Å²) >= 11 is 0. The summed E-state index contributed by atoms with van der Waals surface area (Å²) in [5.74, 6) is 0.602. The van der Waals surface area contributed by atoms with Gasteiger partial charge in [0, 0.05) is 5.56 Å². The van der Waals surface area contributed by atoms with Gasteiger partial charge in [0.05, 0.1) is 17.1 Å². The molecule has 0 unspecified atom stereocenters. The third kappa shape index (κ3) is 1.84. The van der Waals surface area contributed by atoms with Crippen LogP contribution in [-0.2, 0) is 0 Å². The summed E-state index contributed by atoms with van der Waals surface area (Å²) in [6.07, 6.45) is 2.39. The van der Waals surface area contributed by atoms with Gasteiger partial charge in [-0.3, -0.25) is 10.1 Å². The number of nitro groups is 1. The molecule has 0 spiro atoms. The minimum atomic E-state index is -0.380. The Bertz CT molecular complexity index is 372. The first-order valence-corrected chi connectivity index (χ1v) is 4.58. The smallest absolute Gasteiger partial charge is 0.276 e. The molecule has 0 aliphatic heterocycles. The van der Waals surface area contributed by atoms with Gasteiger partial charge in [-0.15, -0.1) is 0 Å². The number of nitrogens with zero attached hydrogens (tertiary/aromatic N) is 1. The Labute approximate surface area is 81.7 Å². The zero-order valence-electron chi connectivity index (χ0n) is 7.90. The molecule has 0 saturated heterocycles. The maximum absolute atomic E-state index is 10.6. The van der Waals surface area contributed by atoms with E-state index in [4.69, 9.17) is 4.74 Å². The molecule has 4 nitrogen and oxygen atoms in total. The number of hydrogen-bond acceptors (Lipinski definition) is 3. The molecule has 0 radical (unpaired) electrons. The molecular weight excluding hydrogens is 182 g/mol. The van der Waals surface area contributed by atoms with E-state index in [0.29, 0.717) is 11.3 Å². The molecule has 0 bridgehead atoms. The van der Waals surface area contributed by atoms with Gasteiger partial charge in [0.1, 0.15) is 5.75 Å². The lowest BCUT2D eigenvalue weighted by molar-refractivity contribution is -0.385. The predicted octanol–water partition coefficient (Wildman–Crippen LogP) is 2.44. The van der Waals surface area contributed by atoms with Crippen molar-refractivity contribution in [2.45, 2.75) is 25.9 Å². The van der Waals surface area contributed by atoms with Crippen molar-refractivity contribution in [3.05, 3.63) is 33.9 Å². The van der Waals surface area contributed by atoms with E-state index in [1.165, 1.54) is 6.07 Å². The fourth-order valence-corrected chi connectivity index (χ4v) is 1.24. The maximum Gasteiger partial charge on any atom is 0.276 e. The van der Waals surface area contributed by atoms with Crippen molar-refractivity contribution < 1.29 is 9.66 Å². The van der Waals surface area contributed by atoms with Crippen LogP contribution in [0.2, 0.25) is 0 Å². The highest BCUT2D eigenvalue weighted by atomic mass is 16.6. The predicted molar refractivity (Wildman–Crippen MR) is 51.5 cm³/mol. The van der Waals surface area contributed by atoms with Crippen molar-refractivity contribution in [1.29, 1.82) is 0 Å². The van der Waals surface area contributed by atoms with Crippen LogP contribution in [0.15, 0.2) is 18.2 Å². The lowest BCUT2D eigenvalue weighted by Gasteiger charge is -2.04. The van der Waals surface area contributed by atoms with Crippen molar-refractivity contribution in [2.24, 2.45) is 0 Å². The Hall–Kier alpha value is -1.58. The average Bonchev–Trinajstić information content (AvgIpc) is 2.92. The summed E-state index contributed by atoms with van der Waals surface area (Å²) in [4.78, 5) is 10.2. The number of rotatable bonds is 3. The Balaban J connectivity index is 2.24. The summed E-state index contributed by atoms with van der Waals surface area (Å²) in [5, 5.41) is 10.6. The molecular formula is C10H11NO3. The fraction of sp³-hybridized carbons (Fsp3) is 0.400. The van der Waals surface area contributed by atoms with Gasteiger partial charge < -0.3 is 4.74 Å². The van der Waals surface area contributed by atoms with Crippen LogP contribution in [-0.4, -0.2) is 11.0 Å². The first-order chi connectivity index (χ1) is 6.66. The van der Waals surface area contributed by atoms with Crippen LogP contribution in [0.4, 0.5) is 5.69 Å². The molecule has 74 valence electrons. The largest absolute Gasteiger partial charge is 0.490 e. The molecule has 2 rings (SSSR count). The van der Waals surface area contributed by atoms with E-state index in [2.05, 4.69) is 0 Å². The van der Waals surface area contributed by atoms with Crippen molar-refractivity contribution in [3.63, 3.8) is 0 Å². The second kappa shape index (κ2) is 3.29. The molecule has 0 atom stereocenters. The van der Waals surface area contributed by atoms with Crippen LogP contribution >= 0.6 is 0 Å². The van der Waals surface area contributed by atoms with Gasteiger partial charge in [0.15, 0.2) is 0 Å². The highest BCUT2D eigenvalue weighted by molar-refractivity contribution is 5.45. The fourth-order valence-electron chi connectivity index (χ4n) is 1.24. The SMILES string of the molecule is Cc1ccc(OC2CC2)cc1[N+](=O)[O-]. The third-order valence-electron chi connectivity index (χ3n) is 2.20. The van der Waals surface area contributed by atoms with Crippen LogP contribution in [0.5, 0.6) is 5.75 Å². The summed E-state index contributed by atoms with van der Waals surface area (Å²) in [6.45, 7) is 1.72. The van der Waals surface area contributed by atoms with E-state index >= 15 is 0 Å². The topological polar surface area (TPSA) is 52.4 Å². The summed E-state index contributed by atoms with van der Waals surface area (Å²) < 4.78 is 5.47. The van der Waals surface area contributed by atoms with Gasteiger partial charge in [-0.05, 0) is 31.9 Å². The van der Waals surface area contributed by atoms with E-state index < -0.39 is 0 Å². The minimum Gasteiger partial charge on any atom is -0.490 e. The van der Waals surface area contributed by atoms with E-state index in [1.54, 1.807) is 19.1 Å². The van der Waals surface area contributed by atoms with Gasteiger partial charge in [0.2, 0.25) is 0 Å². The van der Waals surface area contributed by atoms with Crippen molar-refractivity contribution >= 4 is 5.69 Å². The number of benzene rings is 1. The molecule has 1 aromatic rings. The van der Waals surface area contributed by atoms with Crippen molar-refractivity contribution in [2.75, 3.05) is 0 Å². The Morgan fingerprint density at radius 1 is 1.50 bits per heavy atom. The Morgan fingerprint density at radius 3 is 2.79 bits per heavy atom. The molecule has 0 N–H and O–H groups in total. The lowest BCUT2D eigenvalue weighted by atomic mass is 10.2. The quantitative estimate of drug-likeness (QED) is 0.547. The van der Waals surface area contributed by atoms with Crippen LogP contribution in [0.25, 0.3) is 0 Å². The Kier molecular flexibility index (Phi) is 2.11. The van der Waals surface area contributed by atoms with Gasteiger partial charge in [-0.25, -0.2) is 0 Å². The number of hydrogen-bond donors (Lipinski definition) is 0. The van der Waals surface area contributed by atoms with Gasteiger partial charge in [0.25, 0.3) is 5.69 Å². The highest BCUT2D eigenvalue weighted by Gasteiger charge is 2.24. The molecule has 1 aromatic carbocycles. The van der Waals surface area contributed by atoms with Gasteiger partial charge in [-0.1, -0.05) is 0 Å². The van der Waals surface area contributed by atoms with Gasteiger partial charge in [-0.2, -0.15) is 0 Å². The number of nitro benzene ring substituents is 1. The normalized spacial score (nSPS) is 15.2. The van der Waals surface area contributed by atoms with Crippen LogP contribution in [0, 0.1) is 17.0 Å². The molecule has 0 amide bonds. The molecule has 1 aliphatic rings. The molecule has 0 aromatic heterocycles. The van der Waals surface area contributed by atoms with E-state index in [9.17, 15) is 10.1 Å². The van der Waals surface area contributed by atoms with Crippen LogP contribution in [0.1, 0.15) is 18.4 Å². The molecule has 14 heavy (non-hydrogen) atoms. The zero-order valence-corrected chi connectivity index (χ0v) is 7.90. The highest BCUT2D eigenvalue weighted by Crippen LogP contribution is 2.30. The third-order valence-corrected chi connectivity index (χ3v) is 2.20. The van der Waals surface area contributed by atoms with E-state index in [1.807, 2.05) is 0 Å². The summed E-state index contributed by atoms with van der Waals surface area (Å²) in [5.41, 5.74) is 0.793. The number of ether oxygens (including phenoxy) is 1. The summed E-state index contributed by atoms with van der Waals surface area (Å²) in [6, 6.07) is 4.99. The molecule has 4 heteroatoms. The average molecular weight is 193 g/mol. The molecule has 0 heterocycles. The van der Waals surface area contributed by atoms with Crippen LogP contribution in [0.3, 0.4) is 0 Å². The molecule has 1 aliphatic carbocycles. The second-order valence-corrected chi connectivity index (χ2v) is 3.52.